The number of carbonyl (C=O) groups is 1. The molecule has 0 radical (unpaired) electrons. The van der Waals surface area contributed by atoms with Crippen LogP contribution in [0.1, 0.15) is 22.5 Å². The second-order valence-corrected chi connectivity index (χ2v) is 7.97. The van der Waals surface area contributed by atoms with E-state index in [0.29, 0.717) is 12.0 Å². The Hall–Kier alpha value is -3.99. The normalized spacial score (nSPS) is 17.7. The minimum atomic E-state index is -0.940. The predicted molar refractivity (Wildman–Crippen MR) is 120 cm³/mol. The van der Waals surface area contributed by atoms with E-state index in [9.17, 15) is 4.79 Å². The van der Waals surface area contributed by atoms with E-state index in [-0.39, 0.29) is 5.78 Å². The highest BCUT2D eigenvalue weighted by atomic mass is 16.1. The monoisotopic (exact) mass is 404 g/mol. The highest BCUT2D eigenvalue weighted by Crippen LogP contribution is 2.43. The van der Waals surface area contributed by atoms with Crippen molar-refractivity contribution in [3.63, 3.8) is 0 Å². The Labute approximate surface area is 179 Å². The standard InChI is InChI=1S/C26H20N4O/c31-25(20-11-5-2-6-12-20)26(30-23-14-8-7-13-22(23)27-28-30)15-16-29-18-21(17-24(26)29)19-9-3-1-4-10-19/h1-14,17-18H,15-16H2. The van der Waals surface area contributed by atoms with Crippen molar-refractivity contribution in [3.05, 3.63) is 108 Å². The molecule has 2 aromatic heterocycles. The number of benzene rings is 3. The number of hydrogen-bond acceptors (Lipinski definition) is 3. The van der Waals surface area contributed by atoms with E-state index < -0.39 is 5.54 Å². The molecule has 0 fully saturated rings. The predicted octanol–water partition coefficient (Wildman–Crippen LogP) is 4.93. The number of carbonyl (C=O) groups excluding carboxylic acids is 1. The SMILES string of the molecule is O=C(c1ccccc1)C1(n2nnc3ccccc32)CCn2cc(-c3ccccc3)cc21. The minimum absolute atomic E-state index is 0.0419. The van der Waals surface area contributed by atoms with Crippen molar-refractivity contribution >= 4 is 16.8 Å². The van der Waals surface area contributed by atoms with Gasteiger partial charge in [-0.15, -0.1) is 5.10 Å². The highest BCUT2D eigenvalue weighted by molar-refractivity contribution is 6.05. The van der Waals surface area contributed by atoms with Crippen LogP contribution in [0.15, 0.2) is 97.2 Å². The Kier molecular flexibility index (Phi) is 3.90. The zero-order valence-electron chi connectivity index (χ0n) is 16.8. The molecule has 5 aromatic rings. The third-order valence-corrected chi connectivity index (χ3v) is 6.27. The van der Waals surface area contributed by atoms with Gasteiger partial charge in [-0.3, -0.25) is 4.79 Å². The Bertz CT molecular complexity index is 1400. The average molecular weight is 404 g/mol. The number of hydrogen-bond donors (Lipinski definition) is 0. The summed E-state index contributed by atoms with van der Waals surface area (Å²) >= 11 is 0. The van der Waals surface area contributed by atoms with Crippen molar-refractivity contribution in [1.29, 1.82) is 0 Å². The van der Waals surface area contributed by atoms with Crippen molar-refractivity contribution in [2.75, 3.05) is 0 Å². The largest absolute Gasteiger partial charge is 0.348 e. The van der Waals surface area contributed by atoms with Crippen LogP contribution in [0, 0.1) is 0 Å². The van der Waals surface area contributed by atoms with Crippen LogP contribution in [0.5, 0.6) is 0 Å². The zero-order valence-corrected chi connectivity index (χ0v) is 16.8. The van der Waals surface area contributed by atoms with Gasteiger partial charge in [0, 0.05) is 24.7 Å². The average Bonchev–Trinajstić information content (AvgIpc) is 3.54. The first-order chi connectivity index (χ1) is 15.3. The summed E-state index contributed by atoms with van der Waals surface area (Å²) in [5.41, 5.74) is 4.58. The zero-order chi connectivity index (χ0) is 20.8. The topological polar surface area (TPSA) is 52.7 Å². The van der Waals surface area contributed by atoms with Crippen molar-refractivity contribution < 1.29 is 4.79 Å². The molecule has 6 rings (SSSR count). The quantitative estimate of drug-likeness (QED) is 0.399. The molecule has 0 amide bonds. The molecule has 150 valence electrons. The van der Waals surface area contributed by atoms with Crippen molar-refractivity contribution in [3.8, 4) is 11.1 Å². The van der Waals surface area contributed by atoms with Crippen LogP contribution in [0.25, 0.3) is 22.2 Å². The Morgan fingerprint density at radius 2 is 1.55 bits per heavy atom. The molecule has 1 aliphatic heterocycles. The molecule has 0 spiro atoms. The van der Waals surface area contributed by atoms with Crippen LogP contribution in [-0.2, 0) is 12.1 Å². The van der Waals surface area contributed by atoms with E-state index in [1.165, 1.54) is 0 Å². The second kappa shape index (κ2) is 6.77. The first-order valence-corrected chi connectivity index (χ1v) is 10.4. The summed E-state index contributed by atoms with van der Waals surface area (Å²) in [4.78, 5) is 14.1. The molecule has 5 heteroatoms. The smallest absolute Gasteiger partial charge is 0.196 e. The maximum atomic E-state index is 14.1. The van der Waals surface area contributed by atoms with E-state index in [0.717, 1.165) is 34.4 Å². The molecule has 1 aliphatic rings. The second-order valence-electron chi connectivity index (χ2n) is 7.97. The third-order valence-electron chi connectivity index (χ3n) is 6.27. The molecule has 1 atom stereocenters. The molecule has 0 bridgehead atoms. The molecule has 5 nitrogen and oxygen atoms in total. The molecule has 3 aromatic carbocycles. The number of rotatable bonds is 4. The minimum Gasteiger partial charge on any atom is -0.348 e. The highest BCUT2D eigenvalue weighted by Gasteiger charge is 2.50. The van der Waals surface area contributed by atoms with E-state index in [2.05, 4.69) is 39.3 Å². The fourth-order valence-electron chi connectivity index (χ4n) is 4.77. The molecule has 0 aliphatic carbocycles. The maximum absolute atomic E-state index is 14.1. The van der Waals surface area contributed by atoms with Gasteiger partial charge in [-0.2, -0.15) is 0 Å². The van der Waals surface area contributed by atoms with Gasteiger partial charge in [-0.1, -0.05) is 78.0 Å². The van der Waals surface area contributed by atoms with Gasteiger partial charge in [0.15, 0.2) is 11.3 Å². The van der Waals surface area contributed by atoms with Crippen molar-refractivity contribution in [2.45, 2.75) is 18.5 Å². The number of aromatic nitrogens is 4. The van der Waals surface area contributed by atoms with Crippen LogP contribution < -0.4 is 0 Å². The van der Waals surface area contributed by atoms with Crippen LogP contribution in [0.4, 0.5) is 0 Å². The molecule has 3 heterocycles. The number of aryl methyl sites for hydroxylation is 1. The lowest BCUT2D eigenvalue weighted by Crippen LogP contribution is -2.42. The summed E-state index contributed by atoms with van der Waals surface area (Å²) in [6, 6.07) is 29.7. The first-order valence-electron chi connectivity index (χ1n) is 10.4. The fourth-order valence-corrected chi connectivity index (χ4v) is 4.77. The third kappa shape index (κ3) is 2.60. The molecule has 31 heavy (non-hydrogen) atoms. The van der Waals surface area contributed by atoms with Crippen LogP contribution >= 0.6 is 0 Å². The van der Waals surface area contributed by atoms with Gasteiger partial charge in [0.05, 0.1) is 11.2 Å². The van der Waals surface area contributed by atoms with Gasteiger partial charge < -0.3 is 4.57 Å². The van der Waals surface area contributed by atoms with Gasteiger partial charge in [-0.05, 0) is 29.3 Å². The maximum Gasteiger partial charge on any atom is 0.196 e. The molecular weight excluding hydrogens is 384 g/mol. The van der Waals surface area contributed by atoms with Crippen LogP contribution in [0.3, 0.4) is 0 Å². The molecule has 0 saturated heterocycles. The Morgan fingerprint density at radius 3 is 2.35 bits per heavy atom. The Morgan fingerprint density at radius 1 is 0.839 bits per heavy atom. The molecule has 1 unspecified atom stereocenters. The van der Waals surface area contributed by atoms with Gasteiger partial charge in [0.25, 0.3) is 0 Å². The summed E-state index contributed by atoms with van der Waals surface area (Å²) < 4.78 is 4.03. The number of fused-ring (bicyclic) bond motifs is 2. The van der Waals surface area contributed by atoms with Gasteiger partial charge >= 0.3 is 0 Å². The lowest BCUT2D eigenvalue weighted by Gasteiger charge is -2.28. The van der Waals surface area contributed by atoms with E-state index in [1.54, 1.807) is 0 Å². The molecule has 0 saturated carbocycles. The van der Waals surface area contributed by atoms with Crippen LogP contribution in [-0.4, -0.2) is 25.3 Å². The number of para-hydroxylation sites is 1. The Balaban J connectivity index is 1.61. The summed E-state index contributed by atoms with van der Waals surface area (Å²) in [6.07, 6.45) is 2.78. The lowest BCUT2D eigenvalue weighted by molar-refractivity contribution is 0.0841. The van der Waals surface area contributed by atoms with Crippen LogP contribution in [0.2, 0.25) is 0 Å². The first kappa shape index (κ1) is 17.8. The van der Waals surface area contributed by atoms with Gasteiger partial charge in [0.1, 0.15) is 5.52 Å². The lowest BCUT2D eigenvalue weighted by atomic mass is 9.84. The summed E-state index contributed by atoms with van der Waals surface area (Å²) in [5, 5.41) is 8.88. The van der Waals surface area contributed by atoms with Gasteiger partial charge in [-0.25, -0.2) is 4.68 Å². The summed E-state index contributed by atoms with van der Waals surface area (Å²) in [6.45, 7) is 0.745. The number of nitrogens with zero attached hydrogens (tertiary/aromatic N) is 4. The molecule has 0 N–H and O–H groups in total. The van der Waals surface area contributed by atoms with Gasteiger partial charge in [0.2, 0.25) is 0 Å². The van der Waals surface area contributed by atoms with E-state index >= 15 is 0 Å². The van der Waals surface area contributed by atoms with Crippen molar-refractivity contribution in [1.82, 2.24) is 19.6 Å². The van der Waals surface area contributed by atoms with Crippen molar-refractivity contribution in [2.24, 2.45) is 0 Å². The number of Topliss-reactive ketones (excluding diaryl/α,β-unsaturated/α-hetero) is 1. The van der Waals surface area contributed by atoms with E-state index in [4.69, 9.17) is 0 Å². The molecular formula is C26H20N4O. The fraction of sp³-hybridized carbons (Fsp3) is 0.115. The summed E-state index contributed by atoms with van der Waals surface area (Å²) in [7, 11) is 0. The number of ketones is 1. The summed E-state index contributed by atoms with van der Waals surface area (Å²) in [5.74, 6) is 0.0419. The van der Waals surface area contributed by atoms with E-state index in [1.807, 2.05) is 77.5 Å².